The van der Waals surface area contributed by atoms with E-state index in [4.69, 9.17) is 11.6 Å². The molecule has 0 aliphatic rings. The Kier molecular flexibility index (Phi) is 2.83. The van der Waals surface area contributed by atoms with Crippen molar-refractivity contribution >= 4 is 17.6 Å². The first-order valence-electron chi connectivity index (χ1n) is 3.29. The second-order valence-corrected chi connectivity index (χ2v) is 2.64. The number of benzene rings is 1. The Balaban J connectivity index is 3.28. The van der Waals surface area contributed by atoms with Gasteiger partial charge < -0.3 is 4.74 Å². The van der Waals surface area contributed by atoms with Crippen molar-refractivity contribution in [1.29, 1.82) is 0 Å². The van der Waals surface area contributed by atoms with Gasteiger partial charge in [0, 0.05) is 6.07 Å². The number of carbonyl (C=O) groups is 1. The molecular formula is C8H5ClF2O2. The zero-order valence-electron chi connectivity index (χ0n) is 6.61. The van der Waals surface area contributed by atoms with Gasteiger partial charge in [-0.25, -0.2) is 13.6 Å². The zero-order chi connectivity index (χ0) is 10.0. The molecule has 0 saturated carbocycles. The molecule has 0 aliphatic carbocycles. The van der Waals surface area contributed by atoms with E-state index in [-0.39, 0.29) is 5.02 Å². The number of methoxy groups -OCH3 is 1. The molecule has 1 aromatic rings. The number of ether oxygens (including phenoxy) is 1. The molecule has 0 N–H and O–H groups in total. The maximum Gasteiger partial charge on any atom is 0.342 e. The van der Waals surface area contributed by atoms with E-state index in [0.717, 1.165) is 13.2 Å². The van der Waals surface area contributed by atoms with Crippen LogP contribution in [0, 0.1) is 11.6 Å². The van der Waals surface area contributed by atoms with Gasteiger partial charge in [-0.1, -0.05) is 11.6 Å². The molecule has 0 spiro atoms. The van der Waals surface area contributed by atoms with E-state index in [0.29, 0.717) is 6.07 Å². The van der Waals surface area contributed by atoms with Gasteiger partial charge in [0.15, 0.2) is 0 Å². The molecule has 0 aliphatic heterocycles. The van der Waals surface area contributed by atoms with Gasteiger partial charge in [0.2, 0.25) is 0 Å². The summed E-state index contributed by atoms with van der Waals surface area (Å²) in [6, 6.07) is 1.41. The maximum atomic E-state index is 12.9. The van der Waals surface area contributed by atoms with Crippen LogP contribution in [-0.2, 0) is 4.74 Å². The molecule has 0 bridgehead atoms. The van der Waals surface area contributed by atoms with Gasteiger partial charge in [-0.15, -0.1) is 0 Å². The number of carbonyl (C=O) groups excluding carboxylic acids is 1. The Morgan fingerprint density at radius 2 is 2.08 bits per heavy atom. The summed E-state index contributed by atoms with van der Waals surface area (Å²) in [6.45, 7) is 0. The molecule has 1 rings (SSSR count). The van der Waals surface area contributed by atoms with Gasteiger partial charge in [-0.2, -0.15) is 0 Å². The summed E-state index contributed by atoms with van der Waals surface area (Å²) in [5.41, 5.74) is -0.453. The number of hydrogen-bond donors (Lipinski definition) is 0. The number of esters is 1. The van der Waals surface area contributed by atoms with Crippen LogP contribution in [0.5, 0.6) is 0 Å². The van der Waals surface area contributed by atoms with Crippen LogP contribution in [0.2, 0.25) is 5.02 Å². The van der Waals surface area contributed by atoms with Crippen LogP contribution in [0.15, 0.2) is 12.1 Å². The molecule has 0 aromatic heterocycles. The van der Waals surface area contributed by atoms with E-state index in [1.165, 1.54) is 0 Å². The van der Waals surface area contributed by atoms with Crippen LogP contribution in [0.25, 0.3) is 0 Å². The van der Waals surface area contributed by atoms with E-state index in [1.54, 1.807) is 0 Å². The Morgan fingerprint density at radius 3 is 2.54 bits per heavy atom. The normalized spacial score (nSPS) is 9.85. The highest BCUT2D eigenvalue weighted by molar-refractivity contribution is 6.33. The molecular weight excluding hydrogens is 202 g/mol. The van der Waals surface area contributed by atoms with Crippen LogP contribution in [-0.4, -0.2) is 13.1 Å². The number of halogens is 3. The van der Waals surface area contributed by atoms with Crippen LogP contribution in [0.4, 0.5) is 8.78 Å². The lowest BCUT2D eigenvalue weighted by Gasteiger charge is -2.02. The van der Waals surface area contributed by atoms with Gasteiger partial charge in [0.25, 0.3) is 0 Å². The standard InChI is InChI=1S/C8H5ClF2O2/c1-13-8(12)7-5(9)2-4(10)3-6(7)11/h2-3H,1H3. The highest BCUT2D eigenvalue weighted by Crippen LogP contribution is 2.21. The molecule has 0 unspecified atom stereocenters. The molecule has 5 heteroatoms. The first-order valence-corrected chi connectivity index (χ1v) is 3.67. The SMILES string of the molecule is COC(=O)c1c(F)cc(F)cc1Cl. The summed E-state index contributed by atoms with van der Waals surface area (Å²) in [6.07, 6.45) is 0. The number of hydrogen-bond acceptors (Lipinski definition) is 2. The predicted molar refractivity (Wildman–Crippen MR) is 42.7 cm³/mol. The molecule has 2 nitrogen and oxygen atoms in total. The first-order chi connectivity index (χ1) is 6.06. The first kappa shape index (κ1) is 9.92. The van der Waals surface area contributed by atoms with Crippen molar-refractivity contribution in [3.8, 4) is 0 Å². The van der Waals surface area contributed by atoms with E-state index >= 15 is 0 Å². The minimum absolute atomic E-state index is 0.302. The van der Waals surface area contributed by atoms with Gasteiger partial charge in [-0.3, -0.25) is 0 Å². The fourth-order valence-electron chi connectivity index (χ4n) is 0.839. The second-order valence-electron chi connectivity index (χ2n) is 2.24. The number of rotatable bonds is 1. The molecule has 0 saturated heterocycles. The van der Waals surface area contributed by atoms with E-state index in [1.807, 2.05) is 0 Å². The van der Waals surface area contributed by atoms with Crippen molar-refractivity contribution in [1.82, 2.24) is 0 Å². The smallest absolute Gasteiger partial charge is 0.342 e. The molecule has 13 heavy (non-hydrogen) atoms. The van der Waals surface area contributed by atoms with E-state index in [9.17, 15) is 13.6 Å². The van der Waals surface area contributed by atoms with Gasteiger partial charge >= 0.3 is 5.97 Å². The average Bonchev–Trinajstić information content (AvgIpc) is 2.02. The fraction of sp³-hybridized carbons (Fsp3) is 0.125. The lowest BCUT2D eigenvalue weighted by Crippen LogP contribution is -2.05. The van der Waals surface area contributed by atoms with Crippen molar-refractivity contribution in [2.45, 2.75) is 0 Å². The quantitative estimate of drug-likeness (QED) is 0.660. The van der Waals surface area contributed by atoms with Gasteiger partial charge in [-0.05, 0) is 6.07 Å². The fourth-order valence-corrected chi connectivity index (χ4v) is 1.11. The summed E-state index contributed by atoms with van der Waals surface area (Å²) >= 11 is 5.43. The topological polar surface area (TPSA) is 26.3 Å². The lowest BCUT2D eigenvalue weighted by atomic mass is 10.2. The molecule has 0 fully saturated rings. The second kappa shape index (κ2) is 3.70. The summed E-state index contributed by atoms with van der Waals surface area (Å²) in [5.74, 6) is -2.80. The predicted octanol–water partition coefficient (Wildman–Crippen LogP) is 2.40. The Hall–Kier alpha value is -1.16. The third kappa shape index (κ3) is 1.95. The largest absolute Gasteiger partial charge is 0.465 e. The van der Waals surface area contributed by atoms with E-state index < -0.39 is 23.2 Å². The highest BCUT2D eigenvalue weighted by Gasteiger charge is 2.17. The summed E-state index contributed by atoms with van der Waals surface area (Å²) in [4.78, 5) is 10.9. The third-order valence-corrected chi connectivity index (χ3v) is 1.69. The summed E-state index contributed by atoms with van der Waals surface area (Å²) in [7, 11) is 1.08. The minimum Gasteiger partial charge on any atom is -0.465 e. The molecule has 0 radical (unpaired) electrons. The molecule has 0 heterocycles. The van der Waals surface area contributed by atoms with Crippen molar-refractivity contribution in [3.05, 3.63) is 34.4 Å². The maximum absolute atomic E-state index is 12.9. The lowest BCUT2D eigenvalue weighted by molar-refractivity contribution is 0.0595. The van der Waals surface area contributed by atoms with Crippen molar-refractivity contribution in [2.75, 3.05) is 7.11 Å². The van der Waals surface area contributed by atoms with Crippen LogP contribution < -0.4 is 0 Å². The van der Waals surface area contributed by atoms with Crippen molar-refractivity contribution < 1.29 is 18.3 Å². The van der Waals surface area contributed by atoms with E-state index in [2.05, 4.69) is 4.74 Å². The van der Waals surface area contributed by atoms with Gasteiger partial charge in [0.05, 0.1) is 12.1 Å². The minimum atomic E-state index is -1.03. The molecule has 1 aromatic carbocycles. The third-order valence-electron chi connectivity index (χ3n) is 1.40. The summed E-state index contributed by atoms with van der Waals surface area (Å²) in [5, 5.41) is -0.302. The van der Waals surface area contributed by atoms with Crippen LogP contribution in [0.1, 0.15) is 10.4 Å². The van der Waals surface area contributed by atoms with Gasteiger partial charge in [0.1, 0.15) is 17.2 Å². The Bertz CT molecular complexity index is 329. The van der Waals surface area contributed by atoms with Crippen LogP contribution >= 0.6 is 11.6 Å². The summed E-state index contributed by atoms with van der Waals surface area (Å²) < 4.78 is 29.7. The Morgan fingerprint density at radius 1 is 1.46 bits per heavy atom. The molecule has 0 amide bonds. The highest BCUT2D eigenvalue weighted by atomic mass is 35.5. The molecule has 0 atom stereocenters. The van der Waals surface area contributed by atoms with Crippen molar-refractivity contribution in [2.24, 2.45) is 0 Å². The average molecular weight is 207 g/mol. The Labute approximate surface area is 78.1 Å². The zero-order valence-corrected chi connectivity index (χ0v) is 7.36. The molecule has 70 valence electrons. The van der Waals surface area contributed by atoms with Crippen LogP contribution in [0.3, 0.4) is 0 Å². The van der Waals surface area contributed by atoms with Crippen molar-refractivity contribution in [3.63, 3.8) is 0 Å². The monoisotopic (exact) mass is 206 g/mol.